The number of benzene rings is 3. The van der Waals surface area contributed by atoms with Crippen LogP contribution in [0.15, 0.2) is 53.4 Å². The zero-order valence-electron chi connectivity index (χ0n) is 13.7. The van der Waals surface area contributed by atoms with Gasteiger partial charge >= 0.3 is 0 Å². The number of rotatable bonds is 3. The molecular weight excluding hydrogens is 356 g/mol. The molecule has 0 aliphatic rings. The third-order valence-corrected chi connectivity index (χ3v) is 4.88. The molecule has 0 saturated carbocycles. The number of phenols is 1. The predicted octanol–water partition coefficient (Wildman–Crippen LogP) is 2.94. The monoisotopic (exact) mass is 372 g/mol. The van der Waals surface area contributed by atoms with E-state index in [2.05, 4.69) is 5.32 Å². The van der Waals surface area contributed by atoms with Crippen molar-refractivity contribution in [3.63, 3.8) is 0 Å². The minimum absolute atomic E-state index is 0.0926. The Hall–Kier alpha value is -3.10. The molecule has 0 heterocycles. The van der Waals surface area contributed by atoms with Crippen LogP contribution in [0.25, 0.3) is 10.8 Å². The van der Waals surface area contributed by atoms with Crippen LogP contribution < -0.4 is 11.1 Å². The molecule has 0 atom stereocenters. The standard InChI is InChI=1S/C18H16N2O5S/c1-10-5-6-13(14(19)9-10)18(22)20-15-8-7-11-12(17(15)21)3-2-4-16(11)26(23,24)25/h2-9,21H,19H2,1H3,(H,20,22)(H,23,24,25). The number of nitrogens with one attached hydrogen (secondary N) is 1. The van der Waals surface area contributed by atoms with Gasteiger partial charge in [-0.15, -0.1) is 0 Å². The van der Waals surface area contributed by atoms with Crippen molar-refractivity contribution >= 4 is 38.2 Å². The van der Waals surface area contributed by atoms with Gasteiger partial charge in [-0.1, -0.05) is 24.3 Å². The summed E-state index contributed by atoms with van der Waals surface area (Å²) >= 11 is 0. The highest BCUT2D eigenvalue weighted by Gasteiger charge is 2.18. The molecule has 26 heavy (non-hydrogen) atoms. The highest BCUT2D eigenvalue weighted by atomic mass is 32.2. The summed E-state index contributed by atoms with van der Waals surface area (Å²) in [6.07, 6.45) is 0. The van der Waals surface area contributed by atoms with Crippen LogP contribution in [0.2, 0.25) is 0 Å². The lowest BCUT2D eigenvalue weighted by atomic mass is 10.1. The molecule has 1 amide bonds. The van der Waals surface area contributed by atoms with Gasteiger partial charge in [-0.25, -0.2) is 0 Å². The number of carbonyl (C=O) groups is 1. The summed E-state index contributed by atoms with van der Waals surface area (Å²) in [7, 11) is -4.45. The molecular formula is C18H16N2O5S. The Morgan fingerprint density at radius 1 is 1.08 bits per heavy atom. The third kappa shape index (κ3) is 3.19. The Kier molecular flexibility index (Phi) is 4.31. The zero-order valence-corrected chi connectivity index (χ0v) is 14.5. The molecule has 0 aliphatic heterocycles. The lowest BCUT2D eigenvalue weighted by Crippen LogP contribution is -2.14. The number of phenolic OH excluding ortho intramolecular Hbond substituents is 1. The van der Waals surface area contributed by atoms with E-state index < -0.39 is 16.0 Å². The molecule has 0 aliphatic carbocycles. The van der Waals surface area contributed by atoms with Crippen LogP contribution in [0, 0.1) is 6.92 Å². The first-order chi connectivity index (χ1) is 12.2. The second kappa shape index (κ2) is 6.32. The van der Waals surface area contributed by atoms with Gasteiger partial charge in [0.1, 0.15) is 10.6 Å². The molecule has 3 aromatic rings. The van der Waals surface area contributed by atoms with Crippen LogP contribution in [0.5, 0.6) is 5.75 Å². The minimum Gasteiger partial charge on any atom is -0.505 e. The molecule has 3 rings (SSSR count). The summed E-state index contributed by atoms with van der Waals surface area (Å²) < 4.78 is 32.2. The summed E-state index contributed by atoms with van der Waals surface area (Å²) in [5, 5.41) is 13.3. The van der Waals surface area contributed by atoms with E-state index in [1.54, 1.807) is 18.2 Å². The summed E-state index contributed by atoms with van der Waals surface area (Å²) in [5.74, 6) is -0.824. The Labute approximate surface area is 149 Å². The van der Waals surface area contributed by atoms with E-state index in [0.717, 1.165) is 5.56 Å². The van der Waals surface area contributed by atoms with Gasteiger partial charge in [-0.3, -0.25) is 9.35 Å². The zero-order chi connectivity index (χ0) is 19.1. The largest absolute Gasteiger partial charge is 0.505 e. The highest BCUT2D eigenvalue weighted by Crippen LogP contribution is 2.35. The molecule has 0 fully saturated rings. The third-order valence-electron chi connectivity index (χ3n) is 3.97. The fourth-order valence-corrected chi connectivity index (χ4v) is 3.42. The van der Waals surface area contributed by atoms with E-state index in [1.807, 2.05) is 6.92 Å². The molecule has 7 nitrogen and oxygen atoms in total. The van der Waals surface area contributed by atoms with Gasteiger partial charge in [0.15, 0.2) is 0 Å². The fraction of sp³-hybridized carbons (Fsp3) is 0.0556. The smallest absolute Gasteiger partial charge is 0.295 e. The maximum atomic E-state index is 12.4. The SMILES string of the molecule is Cc1ccc(C(=O)Nc2ccc3c(S(=O)(=O)O)cccc3c2O)c(N)c1. The van der Waals surface area contributed by atoms with Gasteiger partial charge in [0.05, 0.1) is 11.3 Å². The van der Waals surface area contributed by atoms with Crippen molar-refractivity contribution in [2.75, 3.05) is 11.1 Å². The molecule has 0 unspecified atom stereocenters. The van der Waals surface area contributed by atoms with Crippen molar-refractivity contribution in [3.05, 3.63) is 59.7 Å². The Balaban J connectivity index is 2.04. The number of hydrogen-bond donors (Lipinski definition) is 4. The van der Waals surface area contributed by atoms with Crippen molar-refractivity contribution in [3.8, 4) is 5.75 Å². The molecule has 3 aromatic carbocycles. The number of anilines is 2. The van der Waals surface area contributed by atoms with Gasteiger partial charge in [-0.05, 0) is 36.8 Å². The lowest BCUT2D eigenvalue weighted by molar-refractivity contribution is 0.102. The maximum absolute atomic E-state index is 12.4. The van der Waals surface area contributed by atoms with Crippen LogP contribution in [-0.4, -0.2) is 24.0 Å². The maximum Gasteiger partial charge on any atom is 0.295 e. The first-order valence-corrected chi connectivity index (χ1v) is 9.02. The van der Waals surface area contributed by atoms with Gasteiger partial charge in [0.25, 0.3) is 16.0 Å². The second-order valence-corrected chi connectivity index (χ2v) is 7.22. The van der Waals surface area contributed by atoms with Crippen molar-refractivity contribution < 1.29 is 22.9 Å². The van der Waals surface area contributed by atoms with E-state index >= 15 is 0 Å². The van der Waals surface area contributed by atoms with E-state index in [-0.39, 0.29) is 32.7 Å². The Morgan fingerprint density at radius 2 is 1.81 bits per heavy atom. The molecule has 0 radical (unpaired) electrons. The normalized spacial score (nSPS) is 11.5. The van der Waals surface area contributed by atoms with Crippen molar-refractivity contribution in [1.29, 1.82) is 0 Å². The van der Waals surface area contributed by atoms with Crippen LogP contribution in [0.3, 0.4) is 0 Å². The highest BCUT2D eigenvalue weighted by molar-refractivity contribution is 7.86. The number of hydrogen-bond acceptors (Lipinski definition) is 5. The fourth-order valence-electron chi connectivity index (χ4n) is 2.72. The number of nitrogen functional groups attached to an aromatic ring is 1. The van der Waals surface area contributed by atoms with Crippen LogP contribution in [-0.2, 0) is 10.1 Å². The number of amides is 1. The predicted molar refractivity (Wildman–Crippen MR) is 99.0 cm³/mol. The van der Waals surface area contributed by atoms with Crippen LogP contribution >= 0.6 is 0 Å². The van der Waals surface area contributed by atoms with Gasteiger partial charge in [0, 0.05) is 16.5 Å². The summed E-state index contributed by atoms with van der Waals surface area (Å²) in [6.45, 7) is 1.85. The van der Waals surface area contributed by atoms with Gasteiger partial charge < -0.3 is 16.2 Å². The van der Waals surface area contributed by atoms with Crippen molar-refractivity contribution in [2.24, 2.45) is 0 Å². The van der Waals surface area contributed by atoms with E-state index in [0.29, 0.717) is 5.69 Å². The molecule has 0 saturated heterocycles. The van der Waals surface area contributed by atoms with E-state index in [4.69, 9.17) is 5.73 Å². The van der Waals surface area contributed by atoms with Crippen molar-refractivity contribution in [1.82, 2.24) is 0 Å². The quantitative estimate of drug-likeness (QED) is 0.318. The first kappa shape index (κ1) is 17.7. The van der Waals surface area contributed by atoms with E-state index in [9.17, 15) is 22.9 Å². The molecule has 0 aromatic heterocycles. The Bertz CT molecular complexity index is 1140. The minimum atomic E-state index is -4.45. The topological polar surface area (TPSA) is 130 Å². The second-order valence-electron chi connectivity index (χ2n) is 5.83. The number of fused-ring (bicyclic) bond motifs is 1. The lowest BCUT2D eigenvalue weighted by Gasteiger charge is -2.12. The van der Waals surface area contributed by atoms with E-state index in [1.165, 1.54) is 30.3 Å². The van der Waals surface area contributed by atoms with Gasteiger partial charge in [0.2, 0.25) is 0 Å². The summed E-state index contributed by atoms with van der Waals surface area (Å²) in [5.41, 5.74) is 7.41. The molecule has 0 spiro atoms. The number of aromatic hydroxyl groups is 1. The molecule has 134 valence electrons. The van der Waals surface area contributed by atoms with Crippen LogP contribution in [0.4, 0.5) is 11.4 Å². The number of nitrogens with two attached hydrogens (primary N) is 1. The molecule has 0 bridgehead atoms. The summed E-state index contributed by atoms with van der Waals surface area (Å²) in [6, 6.07) is 11.8. The van der Waals surface area contributed by atoms with Crippen molar-refractivity contribution in [2.45, 2.75) is 11.8 Å². The molecule has 5 N–H and O–H groups in total. The summed E-state index contributed by atoms with van der Waals surface area (Å²) in [4.78, 5) is 12.1. The Morgan fingerprint density at radius 3 is 2.46 bits per heavy atom. The van der Waals surface area contributed by atoms with Gasteiger partial charge in [-0.2, -0.15) is 8.42 Å². The average Bonchev–Trinajstić information content (AvgIpc) is 2.56. The number of aryl methyl sites for hydroxylation is 1. The van der Waals surface area contributed by atoms with Crippen LogP contribution in [0.1, 0.15) is 15.9 Å². The first-order valence-electron chi connectivity index (χ1n) is 7.58. The number of carbonyl (C=O) groups excluding carboxylic acids is 1. The molecule has 8 heteroatoms. The average molecular weight is 372 g/mol.